The van der Waals surface area contributed by atoms with E-state index in [1.807, 2.05) is 31.2 Å². The average molecular weight is 412 g/mol. The van der Waals surface area contributed by atoms with Crippen LogP contribution in [0.4, 0.5) is 0 Å². The number of hydrogen-bond acceptors (Lipinski definition) is 4. The minimum Gasteiger partial charge on any atom is -0.506 e. The molecular weight excluding hydrogens is 400 g/mol. The van der Waals surface area contributed by atoms with E-state index in [-0.39, 0.29) is 5.75 Å². The summed E-state index contributed by atoms with van der Waals surface area (Å²) < 4.78 is 1.43. The second-order valence-corrected chi connectivity index (χ2v) is 6.46. The minimum atomic E-state index is -0.589. The fourth-order valence-corrected chi connectivity index (χ4v) is 3.41. The molecule has 0 saturated carbocycles. The minimum absolute atomic E-state index is 0.125. The highest BCUT2D eigenvalue weighted by Gasteiger charge is 2.25. The average Bonchev–Trinajstić information content (AvgIpc) is 2.92. The number of halogens is 2. The van der Waals surface area contributed by atoms with E-state index in [1.165, 1.54) is 0 Å². The van der Waals surface area contributed by atoms with E-state index in [0.29, 0.717) is 15.9 Å². The predicted molar refractivity (Wildman–Crippen MR) is 88.2 cm³/mol. The molecule has 0 radical (unpaired) electrons. The molecule has 0 spiro atoms. The fourth-order valence-electron chi connectivity index (χ4n) is 2.15. The third-order valence-corrected chi connectivity index (χ3v) is 4.30. The number of hydrogen-bond donors (Lipinski definition) is 2. The molecule has 0 saturated heterocycles. The molecule has 0 fully saturated rings. The molecule has 2 N–H and O–H groups in total. The van der Waals surface area contributed by atoms with Gasteiger partial charge in [0, 0.05) is 15.6 Å². The van der Waals surface area contributed by atoms with Gasteiger partial charge in [-0.25, -0.2) is 15.3 Å². The Kier molecular flexibility index (Phi) is 4.01. The molecule has 2 aromatic rings. The molecule has 108 valence electrons. The second kappa shape index (κ2) is 5.79. The molecule has 1 atom stereocenters. The van der Waals surface area contributed by atoms with Gasteiger partial charge in [-0.2, -0.15) is 0 Å². The van der Waals surface area contributed by atoms with Gasteiger partial charge in [0.15, 0.2) is 5.84 Å². The van der Waals surface area contributed by atoms with E-state index >= 15 is 0 Å². The van der Waals surface area contributed by atoms with Crippen molar-refractivity contribution in [2.24, 2.45) is 4.99 Å². The number of hydroxylamine groups is 1. The van der Waals surface area contributed by atoms with Crippen molar-refractivity contribution in [2.45, 2.75) is 13.2 Å². The number of aromatic hydroxyl groups is 1. The van der Waals surface area contributed by atoms with Gasteiger partial charge in [0.05, 0.1) is 4.47 Å². The van der Waals surface area contributed by atoms with E-state index in [2.05, 4.69) is 42.3 Å². The predicted octanol–water partition coefficient (Wildman–Crippen LogP) is 4.21. The highest BCUT2D eigenvalue weighted by atomic mass is 79.9. The Morgan fingerprint density at radius 1 is 1.24 bits per heavy atom. The van der Waals surface area contributed by atoms with Crippen LogP contribution in [0.15, 0.2) is 50.3 Å². The van der Waals surface area contributed by atoms with Crippen LogP contribution in [0, 0.1) is 6.92 Å². The van der Waals surface area contributed by atoms with Crippen molar-refractivity contribution in [3.05, 3.63) is 62.0 Å². The third kappa shape index (κ3) is 2.84. The number of phenols is 1. The van der Waals surface area contributed by atoms with E-state index in [4.69, 9.17) is 4.84 Å². The van der Waals surface area contributed by atoms with Crippen LogP contribution >= 0.6 is 31.9 Å². The largest absolute Gasteiger partial charge is 0.506 e. The van der Waals surface area contributed by atoms with Crippen molar-refractivity contribution >= 4 is 37.7 Å². The highest BCUT2D eigenvalue weighted by molar-refractivity contribution is 9.11. The number of benzene rings is 2. The zero-order chi connectivity index (χ0) is 15.0. The van der Waals surface area contributed by atoms with E-state index in [1.54, 1.807) is 12.1 Å². The SMILES string of the molecule is Cc1ccccc1C1=N[C@H](c2cc(Br)cc(Br)c2O)ON1. The van der Waals surface area contributed by atoms with Crippen LogP contribution in [0.1, 0.15) is 22.9 Å². The van der Waals surface area contributed by atoms with Crippen LogP contribution in [-0.4, -0.2) is 10.9 Å². The van der Waals surface area contributed by atoms with Gasteiger partial charge >= 0.3 is 0 Å². The van der Waals surface area contributed by atoms with Crippen molar-refractivity contribution in [1.82, 2.24) is 5.48 Å². The van der Waals surface area contributed by atoms with Crippen LogP contribution in [0.2, 0.25) is 0 Å². The van der Waals surface area contributed by atoms with Crippen LogP contribution in [0.5, 0.6) is 5.75 Å². The number of aliphatic imine (C=N–C) groups is 1. The first-order valence-corrected chi connectivity index (χ1v) is 7.88. The molecule has 1 heterocycles. The summed E-state index contributed by atoms with van der Waals surface area (Å²) in [6.07, 6.45) is -0.589. The molecule has 6 heteroatoms. The second-order valence-electron chi connectivity index (χ2n) is 4.69. The Hall–Kier alpha value is -1.37. The molecule has 0 aromatic heterocycles. The maximum Gasteiger partial charge on any atom is 0.206 e. The molecule has 1 aliphatic heterocycles. The number of aryl methyl sites for hydroxylation is 1. The number of nitrogens with zero attached hydrogens (tertiary/aromatic N) is 1. The Bertz CT molecular complexity index is 732. The van der Waals surface area contributed by atoms with Gasteiger partial charge in [0.1, 0.15) is 5.75 Å². The number of phenolic OH excluding ortho intramolecular Hbond substituents is 1. The summed E-state index contributed by atoms with van der Waals surface area (Å²) in [5.74, 6) is 0.786. The van der Waals surface area contributed by atoms with Crippen molar-refractivity contribution in [3.63, 3.8) is 0 Å². The van der Waals surface area contributed by atoms with Crippen molar-refractivity contribution < 1.29 is 9.94 Å². The quantitative estimate of drug-likeness (QED) is 0.778. The Morgan fingerprint density at radius 3 is 2.76 bits per heavy atom. The summed E-state index contributed by atoms with van der Waals surface area (Å²) in [6.45, 7) is 2.01. The van der Waals surface area contributed by atoms with Gasteiger partial charge in [-0.3, -0.25) is 0 Å². The third-order valence-electron chi connectivity index (χ3n) is 3.24. The number of rotatable bonds is 2. The van der Waals surface area contributed by atoms with Gasteiger partial charge in [0.25, 0.3) is 0 Å². The summed E-state index contributed by atoms with van der Waals surface area (Å²) in [5, 5.41) is 10.1. The van der Waals surface area contributed by atoms with E-state index in [0.717, 1.165) is 15.6 Å². The van der Waals surface area contributed by atoms with Gasteiger partial charge in [-0.15, -0.1) is 0 Å². The van der Waals surface area contributed by atoms with Gasteiger partial charge in [-0.05, 0) is 40.5 Å². The normalized spacial score (nSPS) is 17.5. The standard InChI is InChI=1S/C15H12Br2N2O2/c1-8-4-2-3-5-10(8)14-18-15(21-19-14)11-6-9(16)7-12(17)13(11)20/h2-7,15,20H,1H3,(H,18,19)/t15-/m0/s1. The maximum absolute atomic E-state index is 10.1. The molecule has 21 heavy (non-hydrogen) atoms. The molecule has 1 aliphatic rings. The smallest absolute Gasteiger partial charge is 0.206 e. The highest BCUT2D eigenvalue weighted by Crippen LogP contribution is 2.38. The Morgan fingerprint density at radius 2 is 2.00 bits per heavy atom. The Balaban J connectivity index is 1.99. The van der Waals surface area contributed by atoms with Crippen molar-refractivity contribution in [2.75, 3.05) is 0 Å². The molecular formula is C15H12Br2N2O2. The van der Waals surface area contributed by atoms with Crippen molar-refractivity contribution in [1.29, 1.82) is 0 Å². The topological polar surface area (TPSA) is 53.9 Å². The summed E-state index contributed by atoms with van der Waals surface area (Å²) in [4.78, 5) is 10.0. The fraction of sp³-hybridized carbons (Fsp3) is 0.133. The van der Waals surface area contributed by atoms with Gasteiger partial charge < -0.3 is 5.11 Å². The van der Waals surface area contributed by atoms with Crippen molar-refractivity contribution in [3.8, 4) is 5.75 Å². The lowest BCUT2D eigenvalue weighted by Gasteiger charge is -2.10. The molecule has 3 rings (SSSR count). The molecule has 0 amide bonds. The number of amidine groups is 1. The summed E-state index contributed by atoms with van der Waals surface area (Å²) in [7, 11) is 0. The van der Waals surface area contributed by atoms with Crippen LogP contribution in [0.25, 0.3) is 0 Å². The lowest BCUT2D eigenvalue weighted by molar-refractivity contribution is 0.0362. The first-order chi connectivity index (χ1) is 10.1. The molecule has 0 aliphatic carbocycles. The molecule has 2 aromatic carbocycles. The van der Waals surface area contributed by atoms with Gasteiger partial charge in [0.2, 0.25) is 6.23 Å². The first-order valence-electron chi connectivity index (χ1n) is 6.29. The lowest BCUT2D eigenvalue weighted by Crippen LogP contribution is -2.19. The molecule has 4 nitrogen and oxygen atoms in total. The molecule has 0 bridgehead atoms. The monoisotopic (exact) mass is 410 g/mol. The summed E-state index contributed by atoms with van der Waals surface area (Å²) in [5.41, 5.74) is 5.51. The summed E-state index contributed by atoms with van der Waals surface area (Å²) in [6, 6.07) is 11.5. The zero-order valence-electron chi connectivity index (χ0n) is 11.1. The summed E-state index contributed by atoms with van der Waals surface area (Å²) >= 11 is 6.71. The van der Waals surface area contributed by atoms with Crippen LogP contribution < -0.4 is 5.48 Å². The maximum atomic E-state index is 10.1. The van der Waals surface area contributed by atoms with Crippen LogP contribution in [-0.2, 0) is 4.84 Å². The van der Waals surface area contributed by atoms with Gasteiger partial charge in [-0.1, -0.05) is 40.2 Å². The van der Waals surface area contributed by atoms with E-state index < -0.39 is 6.23 Å². The number of nitrogens with one attached hydrogen (secondary N) is 1. The Labute approximate surface area is 139 Å². The lowest BCUT2D eigenvalue weighted by atomic mass is 10.1. The van der Waals surface area contributed by atoms with Crippen LogP contribution in [0.3, 0.4) is 0 Å². The van der Waals surface area contributed by atoms with E-state index in [9.17, 15) is 5.11 Å². The zero-order valence-corrected chi connectivity index (χ0v) is 14.3. The molecule has 0 unspecified atom stereocenters. The first kappa shape index (κ1) is 14.6.